The molecule has 2 aromatic heterocycles. The third-order valence-electron chi connectivity index (χ3n) is 3.67. The number of aryl methyl sites for hydroxylation is 2. The molecular formula is C17H16N2O3S. The first-order valence-corrected chi connectivity index (χ1v) is 8.14. The van der Waals surface area contributed by atoms with Crippen molar-refractivity contribution in [1.29, 1.82) is 0 Å². The Balaban J connectivity index is 1.98. The monoisotopic (exact) mass is 328 g/mol. The van der Waals surface area contributed by atoms with Crippen molar-refractivity contribution in [2.75, 3.05) is 0 Å². The number of carbonyl (C=O) groups is 2. The average molecular weight is 328 g/mol. The minimum absolute atomic E-state index is 0.0154. The highest BCUT2D eigenvalue weighted by molar-refractivity contribution is 7.14. The predicted molar refractivity (Wildman–Crippen MR) is 87.7 cm³/mol. The Kier molecular flexibility index (Phi) is 4.09. The van der Waals surface area contributed by atoms with Gasteiger partial charge in [0.05, 0.1) is 17.0 Å². The Morgan fingerprint density at radius 3 is 2.83 bits per heavy atom. The van der Waals surface area contributed by atoms with Crippen LogP contribution in [0.2, 0.25) is 0 Å². The molecular weight excluding hydrogens is 312 g/mol. The fourth-order valence-electron chi connectivity index (χ4n) is 2.61. The Morgan fingerprint density at radius 1 is 1.35 bits per heavy atom. The smallest absolute Gasteiger partial charge is 0.204 e. The third-order valence-corrected chi connectivity index (χ3v) is 4.76. The fourth-order valence-corrected chi connectivity index (χ4v) is 3.76. The van der Waals surface area contributed by atoms with Crippen LogP contribution in [0.15, 0.2) is 24.0 Å². The van der Waals surface area contributed by atoms with Gasteiger partial charge in [-0.05, 0) is 38.3 Å². The number of aromatic nitrogens is 2. The van der Waals surface area contributed by atoms with Crippen molar-refractivity contribution < 1.29 is 14.7 Å². The number of nitrogens with zero attached hydrogens (tertiary/aromatic N) is 2. The molecule has 0 radical (unpaired) electrons. The van der Waals surface area contributed by atoms with Crippen molar-refractivity contribution in [1.82, 2.24) is 9.97 Å². The quantitative estimate of drug-likeness (QED) is 0.692. The van der Waals surface area contributed by atoms with Crippen LogP contribution in [0.5, 0.6) is 0 Å². The van der Waals surface area contributed by atoms with Crippen LogP contribution < -0.4 is 0 Å². The number of rotatable bonds is 3. The summed E-state index contributed by atoms with van der Waals surface area (Å²) in [6.07, 6.45) is 4.52. The van der Waals surface area contributed by atoms with Crippen LogP contribution in [0.25, 0.3) is 5.76 Å². The number of allylic oxidation sites excluding steroid dienone is 1. The Labute approximate surface area is 137 Å². The van der Waals surface area contributed by atoms with Gasteiger partial charge in [0.25, 0.3) is 0 Å². The van der Waals surface area contributed by atoms with Gasteiger partial charge >= 0.3 is 0 Å². The van der Waals surface area contributed by atoms with Gasteiger partial charge in [-0.1, -0.05) is 0 Å². The highest BCUT2D eigenvalue weighted by atomic mass is 32.1. The molecule has 118 valence electrons. The van der Waals surface area contributed by atoms with Crippen LogP contribution in [-0.4, -0.2) is 26.6 Å². The molecule has 0 aromatic carbocycles. The van der Waals surface area contributed by atoms with E-state index >= 15 is 0 Å². The van der Waals surface area contributed by atoms with Crippen LogP contribution in [0.1, 0.15) is 44.8 Å². The largest absolute Gasteiger partial charge is 0.507 e. The number of fused-ring (bicyclic) bond motifs is 1. The van der Waals surface area contributed by atoms with Crippen LogP contribution in [-0.2, 0) is 17.6 Å². The molecule has 0 aliphatic heterocycles. The molecule has 0 unspecified atom stereocenters. The lowest BCUT2D eigenvalue weighted by Gasteiger charge is -2.14. The van der Waals surface area contributed by atoms with Crippen LogP contribution in [0.3, 0.4) is 0 Å². The summed E-state index contributed by atoms with van der Waals surface area (Å²) in [5, 5.41) is 11.1. The van der Waals surface area contributed by atoms with E-state index in [2.05, 4.69) is 9.97 Å². The number of carbonyl (C=O) groups excluding carboxylic acids is 2. The SMILES string of the molecule is CC(=O)Cc1nc2c(s1)C(=O)C(=C(O)c1cncc(C)c1)CC2. The predicted octanol–water partition coefficient (Wildman–Crippen LogP) is 3.08. The van der Waals surface area contributed by atoms with E-state index in [0.29, 0.717) is 33.9 Å². The topological polar surface area (TPSA) is 80.2 Å². The summed E-state index contributed by atoms with van der Waals surface area (Å²) in [6.45, 7) is 3.39. The molecule has 0 spiro atoms. The van der Waals surface area contributed by atoms with E-state index in [1.54, 1.807) is 18.5 Å². The lowest BCUT2D eigenvalue weighted by Crippen LogP contribution is -2.14. The Hall–Kier alpha value is -2.34. The molecule has 6 heteroatoms. The Morgan fingerprint density at radius 2 is 2.13 bits per heavy atom. The van der Waals surface area contributed by atoms with E-state index in [-0.39, 0.29) is 23.7 Å². The molecule has 0 bridgehead atoms. The van der Waals surface area contributed by atoms with Crippen molar-refractivity contribution in [2.24, 2.45) is 0 Å². The van der Waals surface area contributed by atoms with Gasteiger partial charge < -0.3 is 5.11 Å². The molecule has 0 saturated carbocycles. The number of thiazole rings is 1. The molecule has 1 aliphatic rings. The van der Waals surface area contributed by atoms with Gasteiger partial charge in [0.1, 0.15) is 16.6 Å². The van der Waals surface area contributed by atoms with E-state index in [1.807, 2.05) is 6.92 Å². The second-order valence-corrected chi connectivity index (χ2v) is 6.75. The molecule has 2 heterocycles. The highest BCUT2D eigenvalue weighted by Crippen LogP contribution is 2.33. The van der Waals surface area contributed by atoms with Gasteiger partial charge in [0.2, 0.25) is 5.78 Å². The maximum absolute atomic E-state index is 12.7. The second-order valence-electron chi connectivity index (χ2n) is 5.67. The molecule has 0 saturated heterocycles. The molecule has 3 rings (SSSR count). The number of Topliss-reactive ketones (excluding diaryl/α,β-unsaturated/α-hetero) is 2. The summed E-state index contributed by atoms with van der Waals surface area (Å²) in [4.78, 5) is 32.9. The maximum atomic E-state index is 12.7. The maximum Gasteiger partial charge on any atom is 0.204 e. The van der Waals surface area contributed by atoms with Gasteiger partial charge in [0.15, 0.2) is 0 Å². The van der Waals surface area contributed by atoms with Crippen LogP contribution in [0, 0.1) is 6.92 Å². The number of pyridine rings is 1. The summed E-state index contributed by atoms with van der Waals surface area (Å²) < 4.78 is 0. The van der Waals surface area contributed by atoms with Gasteiger partial charge in [-0.2, -0.15) is 0 Å². The molecule has 1 N–H and O–H groups in total. The molecule has 23 heavy (non-hydrogen) atoms. The van der Waals surface area contributed by atoms with Gasteiger partial charge in [-0.15, -0.1) is 11.3 Å². The molecule has 0 atom stereocenters. The van der Waals surface area contributed by atoms with Crippen molar-refractivity contribution in [3.63, 3.8) is 0 Å². The van der Waals surface area contributed by atoms with Gasteiger partial charge in [0, 0.05) is 23.5 Å². The van der Waals surface area contributed by atoms with E-state index in [0.717, 1.165) is 11.3 Å². The summed E-state index contributed by atoms with van der Waals surface area (Å²) in [6, 6.07) is 1.80. The summed E-state index contributed by atoms with van der Waals surface area (Å²) in [5.74, 6) is -0.191. The van der Waals surface area contributed by atoms with Crippen molar-refractivity contribution >= 4 is 28.7 Å². The van der Waals surface area contributed by atoms with E-state index < -0.39 is 0 Å². The number of ketones is 2. The van der Waals surface area contributed by atoms with Crippen LogP contribution >= 0.6 is 11.3 Å². The minimum atomic E-state index is -0.197. The average Bonchev–Trinajstić information content (AvgIpc) is 2.89. The standard InChI is InChI=1S/C17H16N2O3S/c1-9-5-11(8-18-7-9)15(21)12-3-4-13-17(16(12)22)23-14(19-13)6-10(2)20/h5,7-8,21H,3-4,6H2,1-2H3. The second kappa shape index (κ2) is 6.04. The van der Waals surface area contributed by atoms with Gasteiger partial charge in [-0.3, -0.25) is 14.6 Å². The first kappa shape index (κ1) is 15.6. The summed E-state index contributed by atoms with van der Waals surface area (Å²) in [7, 11) is 0. The van der Waals surface area contributed by atoms with Crippen LogP contribution in [0.4, 0.5) is 0 Å². The first-order chi connectivity index (χ1) is 11.0. The molecule has 5 nitrogen and oxygen atoms in total. The van der Waals surface area contributed by atoms with Crippen molar-refractivity contribution in [3.8, 4) is 0 Å². The molecule has 2 aromatic rings. The van der Waals surface area contributed by atoms with Crippen molar-refractivity contribution in [2.45, 2.75) is 33.1 Å². The zero-order valence-electron chi connectivity index (χ0n) is 12.9. The molecule has 1 aliphatic carbocycles. The normalized spacial score (nSPS) is 16.2. The number of hydrogen-bond donors (Lipinski definition) is 1. The fraction of sp³-hybridized carbons (Fsp3) is 0.294. The highest BCUT2D eigenvalue weighted by Gasteiger charge is 2.29. The Bertz CT molecular complexity index is 836. The van der Waals surface area contributed by atoms with Crippen molar-refractivity contribution in [3.05, 3.63) is 50.7 Å². The van der Waals surface area contributed by atoms with E-state index in [4.69, 9.17) is 0 Å². The minimum Gasteiger partial charge on any atom is -0.507 e. The molecule has 0 fully saturated rings. The zero-order chi connectivity index (χ0) is 16.6. The first-order valence-electron chi connectivity index (χ1n) is 7.32. The summed E-state index contributed by atoms with van der Waals surface area (Å²) >= 11 is 1.25. The number of hydrogen-bond acceptors (Lipinski definition) is 6. The van der Waals surface area contributed by atoms with Gasteiger partial charge in [-0.25, -0.2) is 4.98 Å². The van der Waals surface area contributed by atoms with E-state index in [1.165, 1.54) is 18.3 Å². The lowest BCUT2D eigenvalue weighted by molar-refractivity contribution is -0.116. The zero-order valence-corrected chi connectivity index (χ0v) is 13.7. The summed E-state index contributed by atoms with van der Waals surface area (Å²) in [5.41, 5.74) is 2.59. The number of aliphatic hydroxyl groups is 1. The lowest BCUT2D eigenvalue weighted by atomic mass is 9.93. The van der Waals surface area contributed by atoms with E-state index in [9.17, 15) is 14.7 Å². The number of aliphatic hydroxyl groups excluding tert-OH is 1. The third kappa shape index (κ3) is 3.07. The molecule has 0 amide bonds.